The maximum absolute atomic E-state index is 13.1. The standard InChI is InChI=1S/C24H26N2O3S/c1-18-10-12-21(13-11-18)25-23(27)17-30-19(2)24(28)26(16-22-9-6-14-29-22)15-20-7-4-3-5-8-20/h3-14,19H,15-17H2,1-2H3,(H,25,27). The van der Waals surface area contributed by atoms with Crippen molar-refractivity contribution in [1.29, 1.82) is 0 Å². The number of furan rings is 1. The molecule has 3 aromatic rings. The molecule has 1 atom stereocenters. The first kappa shape index (κ1) is 21.7. The third-order valence-electron chi connectivity index (χ3n) is 4.60. The molecule has 5 nitrogen and oxygen atoms in total. The van der Waals surface area contributed by atoms with Crippen LogP contribution < -0.4 is 5.32 Å². The molecule has 0 aliphatic rings. The molecule has 0 saturated carbocycles. The van der Waals surface area contributed by atoms with E-state index in [0.717, 1.165) is 22.6 Å². The van der Waals surface area contributed by atoms with Crippen LogP contribution in [0.2, 0.25) is 0 Å². The molecule has 0 aliphatic carbocycles. The van der Waals surface area contributed by atoms with Gasteiger partial charge in [-0.25, -0.2) is 0 Å². The molecular weight excluding hydrogens is 396 g/mol. The summed E-state index contributed by atoms with van der Waals surface area (Å²) in [7, 11) is 0. The molecule has 3 rings (SSSR count). The van der Waals surface area contributed by atoms with Crippen LogP contribution in [-0.4, -0.2) is 27.7 Å². The largest absolute Gasteiger partial charge is 0.467 e. The Morgan fingerprint density at radius 3 is 2.40 bits per heavy atom. The highest BCUT2D eigenvalue weighted by Gasteiger charge is 2.23. The number of aryl methyl sites for hydroxylation is 1. The highest BCUT2D eigenvalue weighted by Crippen LogP contribution is 2.19. The summed E-state index contributed by atoms with van der Waals surface area (Å²) in [5.41, 5.74) is 2.94. The van der Waals surface area contributed by atoms with Gasteiger partial charge in [-0.15, -0.1) is 11.8 Å². The lowest BCUT2D eigenvalue weighted by atomic mass is 10.2. The van der Waals surface area contributed by atoms with Crippen LogP contribution in [0.5, 0.6) is 0 Å². The predicted molar refractivity (Wildman–Crippen MR) is 121 cm³/mol. The van der Waals surface area contributed by atoms with Crippen LogP contribution in [0.3, 0.4) is 0 Å². The van der Waals surface area contributed by atoms with Gasteiger partial charge in [0.05, 0.1) is 23.8 Å². The number of anilines is 1. The van der Waals surface area contributed by atoms with E-state index in [-0.39, 0.29) is 22.8 Å². The van der Waals surface area contributed by atoms with E-state index in [2.05, 4.69) is 5.32 Å². The fourth-order valence-electron chi connectivity index (χ4n) is 2.97. The molecule has 0 aliphatic heterocycles. The van der Waals surface area contributed by atoms with E-state index in [1.54, 1.807) is 11.2 Å². The van der Waals surface area contributed by atoms with Crippen LogP contribution in [0.25, 0.3) is 0 Å². The van der Waals surface area contributed by atoms with E-state index in [4.69, 9.17) is 4.42 Å². The lowest BCUT2D eigenvalue weighted by Gasteiger charge is -2.25. The summed E-state index contributed by atoms with van der Waals surface area (Å²) in [4.78, 5) is 27.2. The Bertz CT molecular complexity index is 940. The number of hydrogen-bond acceptors (Lipinski definition) is 4. The van der Waals surface area contributed by atoms with Crippen molar-refractivity contribution < 1.29 is 14.0 Å². The zero-order chi connectivity index (χ0) is 21.3. The molecule has 0 radical (unpaired) electrons. The molecule has 1 heterocycles. The quantitative estimate of drug-likeness (QED) is 0.534. The monoisotopic (exact) mass is 422 g/mol. The van der Waals surface area contributed by atoms with Crippen LogP contribution in [0.15, 0.2) is 77.4 Å². The van der Waals surface area contributed by atoms with E-state index in [0.29, 0.717) is 13.1 Å². The maximum atomic E-state index is 13.1. The number of hydrogen-bond donors (Lipinski definition) is 1. The normalized spacial score (nSPS) is 11.7. The summed E-state index contributed by atoms with van der Waals surface area (Å²) in [6.45, 7) is 4.72. The highest BCUT2D eigenvalue weighted by atomic mass is 32.2. The summed E-state index contributed by atoms with van der Waals surface area (Å²) in [5.74, 6) is 0.793. The van der Waals surface area contributed by atoms with Crippen molar-refractivity contribution >= 4 is 29.3 Å². The Morgan fingerprint density at radius 2 is 1.73 bits per heavy atom. The van der Waals surface area contributed by atoms with Gasteiger partial charge in [0.15, 0.2) is 0 Å². The number of benzene rings is 2. The molecule has 0 fully saturated rings. The zero-order valence-electron chi connectivity index (χ0n) is 17.2. The van der Waals surface area contributed by atoms with Crippen LogP contribution in [-0.2, 0) is 22.7 Å². The first-order valence-corrected chi connectivity index (χ1v) is 10.9. The van der Waals surface area contributed by atoms with Crippen molar-refractivity contribution in [2.45, 2.75) is 32.2 Å². The van der Waals surface area contributed by atoms with Crippen molar-refractivity contribution in [2.75, 3.05) is 11.1 Å². The second-order valence-corrected chi connectivity index (χ2v) is 8.46. The predicted octanol–water partition coefficient (Wildman–Crippen LogP) is 4.88. The van der Waals surface area contributed by atoms with Gasteiger partial charge in [-0.1, -0.05) is 48.0 Å². The Balaban J connectivity index is 1.58. The van der Waals surface area contributed by atoms with Gasteiger partial charge in [-0.05, 0) is 43.7 Å². The SMILES string of the molecule is Cc1ccc(NC(=O)CSC(C)C(=O)N(Cc2ccccc2)Cc2ccco2)cc1. The van der Waals surface area contributed by atoms with Gasteiger partial charge in [0.1, 0.15) is 5.76 Å². The number of amides is 2. The summed E-state index contributed by atoms with van der Waals surface area (Å²) >= 11 is 1.33. The minimum absolute atomic E-state index is 0.0246. The summed E-state index contributed by atoms with van der Waals surface area (Å²) < 4.78 is 5.44. The lowest BCUT2D eigenvalue weighted by molar-refractivity contribution is -0.131. The Hall–Kier alpha value is -2.99. The second-order valence-electron chi connectivity index (χ2n) is 7.13. The first-order chi connectivity index (χ1) is 14.5. The van der Waals surface area contributed by atoms with Crippen LogP contribution in [0.4, 0.5) is 5.69 Å². The molecule has 6 heteroatoms. The number of nitrogens with one attached hydrogen (secondary N) is 1. The number of nitrogens with zero attached hydrogens (tertiary/aromatic N) is 1. The van der Waals surface area contributed by atoms with Gasteiger partial charge in [-0.2, -0.15) is 0 Å². The number of carbonyl (C=O) groups excluding carboxylic acids is 2. The molecule has 0 spiro atoms. The van der Waals surface area contributed by atoms with E-state index < -0.39 is 0 Å². The summed E-state index contributed by atoms with van der Waals surface area (Å²) in [5, 5.41) is 2.51. The minimum atomic E-state index is -0.354. The number of carbonyl (C=O) groups is 2. The maximum Gasteiger partial charge on any atom is 0.236 e. The summed E-state index contributed by atoms with van der Waals surface area (Å²) in [6, 6.07) is 21.2. The van der Waals surface area contributed by atoms with E-state index >= 15 is 0 Å². The highest BCUT2D eigenvalue weighted by molar-refractivity contribution is 8.01. The second kappa shape index (κ2) is 10.7. The minimum Gasteiger partial charge on any atom is -0.467 e. The third-order valence-corrected chi connectivity index (χ3v) is 5.73. The van der Waals surface area contributed by atoms with Crippen molar-refractivity contribution in [3.8, 4) is 0 Å². The molecule has 0 saturated heterocycles. The molecular formula is C24H26N2O3S. The fourth-order valence-corrected chi connectivity index (χ4v) is 3.73. The Labute approximate surface area is 181 Å². The van der Waals surface area contributed by atoms with Crippen molar-refractivity contribution in [3.63, 3.8) is 0 Å². The van der Waals surface area contributed by atoms with Gasteiger partial charge >= 0.3 is 0 Å². The van der Waals surface area contributed by atoms with Crippen LogP contribution in [0, 0.1) is 6.92 Å². The van der Waals surface area contributed by atoms with Gasteiger partial charge in [0.25, 0.3) is 0 Å². The Morgan fingerprint density at radius 1 is 1.00 bits per heavy atom. The van der Waals surface area contributed by atoms with Gasteiger partial charge < -0.3 is 14.6 Å². The molecule has 1 aromatic heterocycles. The summed E-state index contributed by atoms with van der Waals surface area (Å²) in [6.07, 6.45) is 1.61. The molecule has 1 N–H and O–H groups in total. The van der Waals surface area contributed by atoms with Crippen molar-refractivity contribution in [1.82, 2.24) is 4.90 Å². The van der Waals surface area contributed by atoms with Crippen molar-refractivity contribution in [2.24, 2.45) is 0 Å². The van der Waals surface area contributed by atoms with Gasteiger partial charge in [-0.3, -0.25) is 9.59 Å². The molecule has 30 heavy (non-hydrogen) atoms. The van der Waals surface area contributed by atoms with Gasteiger partial charge in [0.2, 0.25) is 11.8 Å². The average Bonchev–Trinajstić information content (AvgIpc) is 3.26. The average molecular weight is 423 g/mol. The third kappa shape index (κ3) is 6.52. The van der Waals surface area contributed by atoms with E-state index in [9.17, 15) is 9.59 Å². The van der Waals surface area contributed by atoms with E-state index in [1.807, 2.05) is 80.6 Å². The molecule has 156 valence electrons. The molecule has 0 bridgehead atoms. The van der Waals surface area contributed by atoms with E-state index in [1.165, 1.54) is 11.8 Å². The molecule has 2 aromatic carbocycles. The van der Waals surface area contributed by atoms with Crippen molar-refractivity contribution in [3.05, 3.63) is 89.9 Å². The fraction of sp³-hybridized carbons (Fsp3) is 0.250. The smallest absolute Gasteiger partial charge is 0.236 e. The lowest BCUT2D eigenvalue weighted by Crippen LogP contribution is -2.36. The molecule has 2 amide bonds. The molecule has 1 unspecified atom stereocenters. The van der Waals surface area contributed by atoms with Crippen LogP contribution in [0.1, 0.15) is 23.8 Å². The topological polar surface area (TPSA) is 62.6 Å². The van der Waals surface area contributed by atoms with Gasteiger partial charge in [0, 0.05) is 12.2 Å². The zero-order valence-corrected chi connectivity index (χ0v) is 18.0. The number of rotatable bonds is 9. The number of thioether (sulfide) groups is 1. The first-order valence-electron chi connectivity index (χ1n) is 9.84. The Kier molecular flexibility index (Phi) is 7.74. The van der Waals surface area contributed by atoms with Crippen LogP contribution >= 0.6 is 11.8 Å².